The summed E-state index contributed by atoms with van der Waals surface area (Å²) in [6.07, 6.45) is 5.60. The predicted octanol–water partition coefficient (Wildman–Crippen LogP) is -0.00350. The number of carbonyl (C=O) groups excluding carboxylic acids is 1. The van der Waals surface area contributed by atoms with Crippen LogP contribution in [0.3, 0.4) is 0 Å². The highest BCUT2D eigenvalue weighted by molar-refractivity contribution is 5.94. The molecule has 0 aromatic carbocycles. The summed E-state index contributed by atoms with van der Waals surface area (Å²) in [6, 6.07) is 0.910. The molecule has 2 aliphatic rings. The highest BCUT2D eigenvalue weighted by Crippen LogP contribution is 2.26. The second-order valence-corrected chi connectivity index (χ2v) is 4.61. The minimum absolute atomic E-state index is 0.129. The normalized spacial score (nSPS) is 28.4. The first-order valence-corrected chi connectivity index (χ1v) is 5.79. The summed E-state index contributed by atoms with van der Waals surface area (Å²) in [4.78, 5) is 14.2. The Balaban J connectivity index is 1.80. The van der Waals surface area contributed by atoms with Crippen LogP contribution in [-0.4, -0.2) is 45.8 Å². The van der Waals surface area contributed by atoms with E-state index in [0.29, 0.717) is 17.6 Å². The minimum Gasteiger partial charge on any atom is -0.334 e. The zero-order valence-electron chi connectivity index (χ0n) is 9.39. The van der Waals surface area contributed by atoms with Crippen LogP contribution in [0, 0.1) is 0 Å². The van der Waals surface area contributed by atoms with E-state index in [1.807, 2.05) is 11.9 Å². The van der Waals surface area contributed by atoms with Gasteiger partial charge in [0.25, 0.3) is 5.91 Å². The van der Waals surface area contributed by atoms with Gasteiger partial charge in [0, 0.05) is 31.9 Å². The Labute approximate surface area is 94.4 Å². The van der Waals surface area contributed by atoms with Crippen LogP contribution in [0.1, 0.15) is 23.2 Å². The molecular formula is C11H16N4O. The monoisotopic (exact) mass is 220 g/mol. The van der Waals surface area contributed by atoms with E-state index in [-0.39, 0.29) is 5.91 Å². The average molecular weight is 220 g/mol. The third-order valence-corrected chi connectivity index (χ3v) is 3.61. The number of rotatable bonds is 1. The number of amides is 1. The van der Waals surface area contributed by atoms with Crippen molar-refractivity contribution < 1.29 is 4.79 Å². The molecule has 3 heterocycles. The Bertz CT molecular complexity index is 414. The molecular weight excluding hydrogens is 204 g/mol. The molecule has 2 saturated heterocycles. The van der Waals surface area contributed by atoms with Crippen molar-refractivity contribution in [3.8, 4) is 0 Å². The Morgan fingerprint density at radius 1 is 1.56 bits per heavy atom. The van der Waals surface area contributed by atoms with Crippen LogP contribution >= 0.6 is 0 Å². The van der Waals surface area contributed by atoms with E-state index >= 15 is 0 Å². The van der Waals surface area contributed by atoms with Gasteiger partial charge in [-0.3, -0.25) is 9.48 Å². The number of carbonyl (C=O) groups is 1. The number of fused-ring (bicyclic) bond motifs is 1. The van der Waals surface area contributed by atoms with Gasteiger partial charge in [0.15, 0.2) is 0 Å². The predicted molar refractivity (Wildman–Crippen MR) is 59.1 cm³/mol. The van der Waals surface area contributed by atoms with Crippen molar-refractivity contribution in [2.24, 2.45) is 7.05 Å². The molecule has 5 nitrogen and oxygen atoms in total. The smallest absolute Gasteiger partial charge is 0.257 e. The number of nitrogens with one attached hydrogen (secondary N) is 1. The van der Waals surface area contributed by atoms with Crippen LogP contribution in [0.2, 0.25) is 0 Å². The summed E-state index contributed by atoms with van der Waals surface area (Å²) in [5.41, 5.74) is 0.704. The second kappa shape index (κ2) is 3.59. The van der Waals surface area contributed by atoms with Crippen molar-refractivity contribution >= 4 is 5.91 Å². The lowest BCUT2D eigenvalue weighted by Gasteiger charge is -2.22. The Hall–Kier alpha value is -1.36. The largest absolute Gasteiger partial charge is 0.334 e. The highest BCUT2D eigenvalue weighted by atomic mass is 16.2. The first kappa shape index (κ1) is 9.84. The molecule has 2 fully saturated rings. The highest BCUT2D eigenvalue weighted by Gasteiger charge is 2.40. The SMILES string of the molecule is Cn1cc(C(=O)N2CC[C@H]3NCC[C@@H]32)cn1. The van der Waals surface area contributed by atoms with E-state index in [9.17, 15) is 4.79 Å². The van der Waals surface area contributed by atoms with Gasteiger partial charge < -0.3 is 10.2 Å². The molecule has 86 valence electrons. The summed E-state index contributed by atoms with van der Waals surface area (Å²) in [6.45, 7) is 1.90. The minimum atomic E-state index is 0.129. The molecule has 16 heavy (non-hydrogen) atoms. The van der Waals surface area contributed by atoms with Crippen LogP contribution in [0.15, 0.2) is 12.4 Å². The van der Waals surface area contributed by atoms with E-state index in [1.165, 1.54) is 0 Å². The van der Waals surface area contributed by atoms with Crippen LogP contribution < -0.4 is 5.32 Å². The molecule has 0 spiro atoms. The molecule has 0 saturated carbocycles. The Morgan fingerprint density at radius 2 is 2.44 bits per heavy atom. The van der Waals surface area contributed by atoms with E-state index in [4.69, 9.17) is 0 Å². The third-order valence-electron chi connectivity index (χ3n) is 3.61. The lowest BCUT2D eigenvalue weighted by Crippen LogP contribution is -2.38. The summed E-state index contributed by atoms with van der Waals surface area (Å²) in [5, 5.41) is 7.49. The summed E-state index contributed by atoms with van der Waals surface area (Å²) >= 11 is 0. The van der Waals surface area contributed by atoms with E-state index < -0.39 is 0 Å². The molecule has 5 heteroatoms. The van der Waals surface area contributed by atoms with Crippen LogP contribution in [-0.2, 0) is 7.05 Å². The van der Waals surface area contributed by atoms with E-state index in [2.05, 4.69) is 10.4 Å². The second-order valence-electron chi connectivity index (χ2n) is 4.61. The summed E-state index contributed by atoms with van der Waals surface area (Å²) in [5.74, 6) is 0.129. The molecule has 3 rings (SSSR count). The first-order chi connectivity index (χ1) is 7.75. The zero-order valence-corrected chi connectivity index (χ0v) is 9.39. The molecule has 1 N–H and O–H groups in total. The van der Waals surface area contributed by atoms with Gasteiger partial charge in [-0.15, -0.1) is 0 Å². The fraction of sp³-hybridized carbons (Fsp3) is 0.636. The van der Waals surface area contributed by atoms with E-state index in [0.717, 1.165) is 25.9 Å². The van der Waals surface area contributed by atoms with Crippen LogP contribution in [0.5, 0.6) is 0 Å². The fourth-order valence-electron chi connectivity index (χ4n) is 2.81. The van der Waals surface area contributed by atoms with Gasteiger partial charge in [-0.25, -0.2) is 0 Å². The molecule has 0 radical (unpaired) electrons. The van der Waals surface area contributed by atoms with Gasteiger partial charge in [-0.2, -0.15) is 5.10 Å². The quantitative estimate of drug-likeness (QED) is 0.724. The van der Waals surface area contributed by atoms with Crippen LogP contribution in [0.4, 0.5) is 0 Å². The number of likely N-dealkylation sites (tertiary alicyclic amines) is 1. The van der Waals surface area contributed by atoms with Crippen molar-refractivity contribution in [3.63, 3.8) is 0 Å². The molecule has 0 unspecified atom stereocenters. The molecule has 0 bridgehead atoms. The lowest BCUT2D eigenvalue weighted by molar-refractivity contribution is 0.0737. The van der Waals surface area contributed by atoms with Crippen molar-refractivity contribution in [2.45, 2.75) is 24.9 Å². The van der Waals surface area contributed by atoms with Crippen molar-refractivity contribution in [3.05, 3.63) is 18.0 Å². The lowest BCUT2D eigenvalue weighted by atomic mass is 10.1. The van der Waals surface area contributed by atoms with Gasteiger partial charge in [-0.1, -0.05) is 0 Å². The maximum absolute atomic E-state index is 12.2. The maximum atomic E-state index is 12.2. The molecule has 2 aliphatic heterocycles. The number of aromatic nitrogens is 2. The maximum Gasteiger partial charge on any atom is 0.257 e. The van der Waals surface area contributed by atoms with Gasteiger partial charge in [-0.05, 0) is 19.4 Å². The van der Waals surface area contributed by atoms with Crippen molar-refractivity contribution in [1.29, 1.82) is 0 Å². The summed E-state index contributed by atoms with van der Waals surface area (Å²) < 4.78 is 1.67. The summed E-state index contributed by atoms with van der Waals surface area (Å²) in [7, 11) is 1.83. The standard InChI is InChI=1S/C11H16N4O/c1-14-7-8(6-13-14)11(16)15-5-3-9-10(15)2-4-12-9/h6-7,9-10,12H,2-5H2,1H3/t9-,10+/m1/s1. The van der Waals surface area contributed by atoms with Crippen molar-refractivity contribution in [1.82, 2.24) is 20.0 Å². The number of hydrogen-bond acceptors (Lipinski definition) is 3. The fourth-order valence-corrected chi connectivity index (χ4v) is 2.81. The molecule has 1 aromatic heterocycles. The Kier molecular flexibility index (Phi) is 2.21. The average Bonchev–Trinajstić information content (AvgIpc) is 2.90. The van der Waals surface area contributed by atoms with Crippen molar-refractivity contribution in [2.75, 3.05) is 13.1 Å². The van der Waals surface area contributed by atoms with Gasteiger partial charge in [0.05, 0.1) is 11.8 Å². The molecule has 1 amide bonds. The number of nitrogens with zero attached hydrogens (tertiary/aromatic N) is 3. The topological polar surface area (TPSA) is 50.2 Å². The third kappa shape index (κ3) is 1.43. The molecule has 1 aromatic rings. The molecule has 2 atom stereocenters. The zero-order chi connectivity index (χ0) is 11.1. The van der Waals surface area contributed by atoms with Crippen LogP contribution in [0.25, 0.3) is 0 Å². The van der Waals surface area contributed by atoms with Gasteiger partial charge in [0.2, 0.25) is 0 Å². The molecule has 0 aliphatic carbocycles. The van der Waals surface area contributed by atoms with Gasteiger partial charge >= 0.3 is 0 Å². The number of aryl methyl sites for hydroxylation is 1. The van der Waals surface area contributed by atoms with E-state index in [1.54, 1.807) is 17.1 Å². The first-order valence-electron chi connectivity index (χ1n) is 5.79. The van der Waals surface area contributed by atoms with Gasteiger partial charge in [0.1, 0.15) is 0 Å². The number of hydrogen-bond donors (Lipinski definition) is 1. The Morgan fingerprint density at radius 3 is 3.19 bits per heavy atom.